The van der Waals surface area contributed by atoms with Gasteiger partial charge in [0.25, 0.3) is 0 Å². The van der Waals surface area contributed by atoms with Gasteiger partial charge < -0.3 is 4.74 Å². The summed E-state index contributed by atoms with van der Waals surface area (Å²) in [5.41, 5.74) is 1.72. The Morgan fingerprint density at radius 3 is 2.81 bits per heavy atom. The SMILES string of the molecule is C=C(Cc1ccccc1C#N)C(=O)OCC. The van der Waals surface area contributed by atoms with Crippen LogP contribution in [0.5, 0.6) is 0 Å². The molecule has 0 aliphatic rings. The molecular formula is C13H13NO2. The zero-order valence-electron chi connectivity index (χ0n) is 9.19. The van der Waals surface area contributed by atoms with Crippen LogP contribution in [0.2, 0.25) is 0 Å². The molecule has 82 valence electrons. The van der Waals surface area contributed by atoms with Crippen molar-refractivity contribution in [3.8, 4) is 6.07 Å². The van der Waals surface area contributed by atoms with Crippen molar-refractivity contribution in [3.63, 3.8) is 0 Å². The molecule has 0 radical (unpaired) electrons. The van der Waals surface area contributed by atoms with Crippen LogP contribution in [0.3, 0.4) is 0 Å². The first-order valence-electron chi connectivity index (χ1n) is 5.02. The lowest BCUT2D eigenvalue weighted by Crippen LogP contribution is -2.09. The smallest absolute Gasteiger partial charge is 0.333 e. The van der Waals surface area contributed by atoms with Crippen LogP contribution in [-0.2, 0) is 16.0 Å². The summed E-state index contributed by atoms with van der Waals surface area (Å²) < 4.78 is 4.83. The van der Waals surface area contributed by atoms with E-state index in [1.54, 1.807) is 19.1 Å². The van der Waals surface area contributed by atoms with Crippen molar-refractivity contribution in [1.82, 2.24) is 0 Å². The van der Waals surface area contributed by atoms with E-state index in [4.69, 9.17) is 10.00 Å². The Morgan fingerprint density at radius 2 is 2.19 bits per heavy atom. The van der Waals surface area contributed by atoms with Gasteiger partial charge >= 0.3 is 5.97 Å². The van der Waals surface area contributed by atoms with E-state index in [2.05, 4.69) is 12.6 Å². The Kier molecular flexibility index (Phi) is 4.28. The molecule has 0 amide bonds. The maximum atomic E-state index is 11.3. The molecule has 1 rings (SSSR count). The van der Waals surface area contributed by atoms with Gasteiger partial charge in [-0.25, -0.2) is 4.79 Å². The van der Waals surface area contributed by atoms with Gasteiger partial charge in [-0.15, -0.1) is 0 Å². The van der Waals surface area contributed by atoms with Crippen LogP contribution in [0.15, 0.2) is 36.4 Å². The number of hydrogen-bond acceptors (Lipinski definition) is 3. The second-order valence-electron chi connectivity index (χ2n) is 3.27. The highest BCUT2D eigenvalue weighted by atomic mass is 16.5. The van der Waals surface area contributed by atoms with Crippen molar-refractivity contribution in [2.75, 3.05) is 6.61 Å². The second-order valence-corrected chi connectivity index (χ2v) is 3.27. The highest BCUT2D eigenvalue weighted by Crippen LogP contribution is 2.12. The molecule has 0 atom stereocenters. The average Bonchev–Trinajstić information content (AvgIpc) is 2.30. The summed E-state index contributed by atoms with van der Waals surface area (Å²) >= 11 is 0. The zero-order valence-corrected chi connectivity index (χ0v) is 9.19. The summed E-state index contributed by atoms with van der Waals surface area (Å²) in [4.78, 5) is 11.3. The fourth-order valence-electron chi connectivity index (χ4n) is 1.32. The van der Waals surface area contributed by atoms with Gasteiger partial charge in [-0.1, -0.05) is 24.8 Å². The Hall–Kier alpha value is -2.08. The predicted molar refractivity (Wildman–Crippen MR) is 60.6 cm³/mol. The minimum atomic E-state index is -0.407. The highest BCUT2D eigenvalue weighted by molar-refractivity contribution is 5.88. The van der Waals surface area contributed by atoms with Crippen LogP contribution in [0.1, 0.15) is 18.1 Å². The van der Waals surface area contributed by atoms with Gasteiger partial charge in [0.15, 0.2) is 0 Å². The first-order chi connectivity index (χ1) is 7.69. The van der Waals surface area contributed by atoms with E-state index in [1.807, 2.05) is 12.1 Å². The summed E-state index contributed by atoms with van der Waals surface area (Å²) in [6.07, 6.45) is 0.350. The molecule has 0 saturated carbocycles. The van der Waals surface area contributed by atoms with Crippen molar-refractivity contribution in [2.45, 2.75) is 13.3 Å². The van der Waals surface area contributed by atoms with Crippen molar-refractivity contribution in [3.05, 3.63) is 47.5 Å². The van der Waals surface area contributed by atoms with E-state index in [1.165, 1.54) is 0 Å². The maximum absolute atomic E-state index is 11.3. The third-order valence-corrected chi connectivity index (χ3v) is 2.11. The number of hydrogen-bond donors (Lipinski definition) is 0. The largest absolute Gasteiger partial charge is 0.463 e. The molecule has 1 aromatic carbocycles. The summed E-state index contributed by atoms with van der Waals surface area (Å²) in [6, 6.07) is 9.22. The van der Waals surface area contributed by atoms with Crippen LogP contribution in [-0.4, -0.2) is 12.6 Å². The van der Waals surface area contributed by atoms with E-state index in [0.29, 0.717) is 24.2 Å². The molecule has 0 aromatic heterocycles. The molecule has 0 aliphatic heterocycles. The number of ether oxygens (including phenoxy) is 1. The van der Waals surface area contributed by atoms with Gasteiger partial charge in [-0.05, 0) is 18.6 Å². The fraction of sp³-hybridized carbons (Fsp3) is 0.231. The summed E-state index contributed by atoms with van der Waals surface area (Å²) in [5.74, 6) is -0.407. The molecule has 1 aromatic rings. The number of benzene rings is 1. The van der Waals surface area contributed by atoms with Gasteiger partial charge in [0.1, 0.15) is 0 Å². The molecule has 16 heavy (non-hydrogen) atoms. The quantitative estimate of drug-likeness (QED) is 0.571. The van der Waals surface area contributed by atoms with Crippen LogP contribution in [0.25, 0.3) is 0 Å². The second kappa shape index (κ2) is 5.72. The fourth-order valence-corrected chi connectivity index (χ4v) is 1.32. The molecule has 0 saturated heterocycles. The van der Waals surface area contributed by atoms with E-state index in [0.717, 1.165) is 5.56 Å². The third kappa shape index (κ3) is 2.96. The van der Waals surface area contributed by atoms with E-state index in [9.17, 15) is 4.79 Å². The van der Waals surface area contributed by atoms with Crippen LogP contribution in [0.4, 0.5) is 0 Å². The molecule has 0 unspecified atom stereocenters. The van der Waals surface area contributed by atoms with E-state index >= 15 is 0 Å². The monoisotopic (exact) mass is 215 g/mol. The lowest BCUT2D eigenvalue weighted by Gasteiger charge is -2.06. The number of rotatable bonds is 4. The van der Waals surface area contributed by atoms with E-state index < -0.39 is 5.97 Å². The zero-order chi connectivity index (χ0) is 12.0. The molecule has 0 aliphatic carbocycles. The van der Waals surface area contributed by atoms with Crippen molar-refractivity contribution < 1.29 is 9.53 Å². The Morgan fingerprint density at radius 1 is 1.50 bits per heavy atom. The van der Waals surface area contributed by atoms with Gasteiger partial charge in [-0.3, -0.25) is 0 Å². The Balaban J connectivity index is 2.78. The molecule has 0 heterocycles. The van der Waals surface area contributed by atoms with Crippen molar-refractivity contribution >= 4 is 5.97 Å². The molecule has 0 N–H and O–H groups in total. The number of esters is 1. The molecule has 0 fully saturated rings. The molecule has 0 spiro atoms. The number of nitriles is 1. The Labute approximate surface area is 95.0 Å². The number of carbonyl (C=O) groups is 1. The summed E-state index contributed by atoms with van der Waals surface area (Å²) in [5, 5.41) is 8.88. The van der Waals surface area contributed by atoms with Crippen molar-refractivity contribution in [1.29, 1.82) is 5.26 Å². The number of carbonyl (C=O) groups excluding carboxylic acids is 1. The lowest BCUT2D eigenvalue weighted by molar-refractivity contribution is -0.138. The minimum absolute atomic E-state index is 0.331. The van der Waals surface area contributed by atoms with Gasteiger partial charge in [0, 0.05) is 12.0 Å². The van der Waals surface area contributed by atoms with E-state index in [-0.39, 0.29) is 0 Å². The topological polar surface area (TPSA) is 50.1 Å². The average molecular weight is 215 g/mol. The first-order valence-corrected chi connectivity index (χ1v) is 5.02. The Bertz CT molecular complexity index is 443. The molecule has 3 nitrogen and oxygen atoms in total. The van der Waals surface area contributed by atoms with Crippen LogP contribution < -0.4 is 0 Å². The van der Waals surface area contributed by atoms with Gasteiger partial charge in [-0.2, -0.15) is 5.26 Å². The third-order valence-electron chi connectivity index (χ3n) is 2.11. The number of nitrogens with zero attached hydrogens (tertiary/aromatic N) is 1. The normalized spacial score (nSPS) is 9.25. The summed E-state index contributed by atoms with van der Waals surface area (Å²) in [6.45, 7) is 5.74. The highest BCUT2D eigenvalue weighted by Gasteiger charge is 2.10. The summed E-state index contributed by atoms with van der Waals surface area (Å²) in [7, 11) is 0. The van der Waals surface area contributed by atoms with Gasteiger partial charge in [0.05, 0.1) is 18.2 Å². The minimum Gasteiger partial charge on any atom is -0.463 e. The van der Waals surface area contributed by atoms with Crippen LogP contribution >= 0.6 is 0 Å². The first kappa shape index (κ1) is 12.0. The lowest BCUT2D eigenvalue weighted by atomic mass is 10.0. The molecule has 0 bridgehead atoms. The molecule has 3 heteroatoms. The standard InChI is InChI=1S/C13H13NO2/c1-3-16-13(15)10(2)8-11-6-4-5-7-12(11)9-14/h4-7H,2-3,8H2,1H3. The van der Waals surface area contributed by atoms with Crippen molar-refractivity contribution in [2.24, 2.45) is 0 Å². The predicted octanol–water partition coefficient (Wildman–Crippen LogP) is 2.22. The maximum Gasteiger partial charge on any atom is 0.333 e. The van der Waals surface area contributed by atoms with Crippen LogP contribution in [0, 0.1) is 11.3 Å². The van der Waals surface area contributed by atoms with Gasteiger partial charge in [0.2, 0.25) is 0 Å². The molecular weight excluding hydrogens is 202 g/mol.